The number of hydrogen-bond donors (Lipinski definition) is 0. The Morgan fingerprint density at radius 1 is 1.53 bits per heavy atom. The Morgan fingerprint density at radius 3 is 3.00 bits per heavy atom. The summed E-state index contributed by atoms with van der Waals surface area (Å²) in [7, 11) is 0. The van der Waals surface area contributed by atoms with Crippen LogP contribution in [-0.2, 0) is 0 Å². The molecule has 0 radical (unpaired) electrons. The molecule has 0 N–H and O–H groups in total. The van der Waals surface area contributed by atoms with Gasteiger partial charge in [-0.15, -0.1) is 0 Å². The normalized spacial score (nSPS) is 31.1. The van der Waals surface area contributed by atoms with E-state index >= 15 is 0 Å². The summed E-state index contributed by atoms with van der Waals surface area (Å²) in [5, 5.41) is 13.4. The van der Waals surface area contributed by atoms with Crippen molar-refractivity contribution < 1.29 is 0 Å². The molecule has 0 bridgehead atoms. The molecule has 1 aromatic rings. The summed E-state index contributed by atoms with van der Waals surface area (Å²) in [5.41, 5.74) is 0. The summed E-state index contributed by atoms with van der Waals surface area (Å²) in [4.78, 5) is 0. The molecular weight excluding hydrogens is 186 g/mol. The zero-order chi connectivity index (χ0) is 10.7. The summed E-state index contributed by atoms with van der Waals surface area (Å²) in [6.45, 7) is 2.23. The first-order valence-electron chi connectivity index (χ1n) is 5.74. The molecule has 2 rings (SSSR count). The van der Waals surface area contributed by atoms with Crippen molar-refractivity contribution in [1.29, 1.82) is 5.26 Å². The minimum atomic E-state index is 0.146. The molecule has 0 spiro atoms. The van der Waals surface area contributed by atoms with Crippen molar-refractivity contribution in [1.82, 2.24) is 9.78 Å². The summed E-state index contributed by atoms with van der Waals surface area (Å²) in [6.07, 6.45) is 8.33. The van der Waals surface area contributed by atoms with Gasteiger partial charge in [-0.05, 0) is 31.2 Å². The van der Waals surface area contributed by atoms with Gasteiger partial charge in [0.15, 0.2) is 0 Å². The van der Waals surface area contributed by atoms with E-state index in [2.05, 4.69) is 18.1 Å². The highest BCUT2D eigenvalue weighted by Gasteiger charge is 2.31. The highest BCUT2D eigenvalue weighted by Crippen LogP contribution is 2.37. The molecule has 0 saturated heterocycles. The molecule has 1 aliphatic rings. The van der Waals surface area contributed by atoms with Crippen LogP contribution >= 0.6 is 0 Å². The predicted molar refractivity (Wildman–Crippen MR) is 58.0 cm³/mol. The summed E-state index contributed by atoms with van der Waals surface area (Å²) in [5.74, 6) is 0.913. The van der Waals surface area contributed by atoms with Gasteiger partial charge in [0, 0.05) is 12.4 Å². The van der Waals surface area contributed by atoms with Gasteiger partial charge in [-0.2, -0.15) is 10.4 Å². The van der Waals surface area contributed by atoms with Crippen LogP contribution in [0.3, 0.4) is 0 Å². The summed E-state index contributed by atoms with van der Waals surface area (Å²) < 4.78 is 1.97. The van der Waals surface area contributed by atoms with E-state index in [-0.39, 0.29) is 5.92 Å². The Labute approximate surface area is 90.7 Å². The van der Waals surface area contributed by atoms with Gasteiger partial charge in [-0.25, -0.2) is 0 Å². The van der Waals surface area contributed by atoms with Crippen LogP contribution in [0, 0.1) is 23.2 Å². The van der Waals surface area contributed by atoms with Crippen LogP contribution in [0.25, 0.3) is 0 Å². The lowest BCUT2D eigenvalue weighted by atomic mass is 9.78. The smallest absolute Gasteiger partial charge is 0.0688 e. The molecule has 3 atom stereocenters. The standard InChI is InChI=1S/C12H17N3/c1-2-10-4-5-11(9-13)12(8-10)15-7-3-6-14-15/h3,6-7,10-12H,2,4-5,8H2,1H3. The fourth-order valence-corrected chi connectivity index (χ4v) is 2.52. The highest BCUT2D eigenvalue weighted by atomic mass is 15.3. The van der Waals surface area contributed by atoms with Crippen LogP contribution in [0.4, 0.5) is 0 Å². The van der Waals surface area contributed by atoms with Crippen molar-refractivity contribution in [3.8, 4) is 6.07 Å². The van der Waals surface area contributed by atoms with Crippen molar-refractivity contribution >= 4 is 0 Å². The van der Waals surface area contributed by atoms with E-state index in [1.807, 2.05) is 16.9 Å². The SMILES string of the molecule is CCC1CCC(C#N)C(n2cccn2)C1. The maximum atomic E-state index is 9.13. The lowest BCUT2D eigenvalue weighted by molar-refractivity contribution is 0.203. The Morgan fingerprint density at radius 2 is 2.40 bits per heavy atom. The van der Waals surface area contributed by atoms with Gasteiger partial charge in [-0.3, -0.25) is 4.68 Å². The first kappa shape index (κ1) is 10.2. The van der Waals surface area contributed by atoms with E-state index in [9.17, 15) is 0 Å². The average Bonchev–Trinajstić information content (AvgIpc) is 2.81. The van der Waals surface area contributed by atoms with Crippen LogP contribution in [0.5, 0.6) is 0 Å². The van der Waals surface area contributed by atoms with Crippen LogP contribution in [0.2, 0.25) is 0 Å². The van der Waals surface area contributed by atoms with Gasteiger partial charge < -0.3 is 0 Å². The highest BCUT2D eigenvalue weighted by molar-refractivity contribution is 4.96. The predicted octanol–water partition coefficient (Wildman–Crippen LogP) is 2.77. The number of aromatic nitrogens is 2. The van der Waals surface area contributed by atoms with E-state index in [1.165, 1.54) is 12.8 Å². The molecule has 3 unspecified atom stereocenters. The maximum Gasteiger partial charge on any atom is 0.0688 e. The minimum Gasteiger partial charge on any atom is -0.268 e. The number of rotatable bonds is 2. The zero-order valence-corrected chi connectivity index (χ0v) is 9.13. The van der Waals surface area contributed by atoms with Crippen molar-refractivity contribution in [2.24, 2.45) is 11.8 Å². The number of hydrogen-bond acceptors (Lipinski definition) is 2. The third-order valence-corrected chi connectivity index (χ3v) is 3.53. The van der Waals surface area contributed by atoms with Crippen molar-refractivity contribution in [2.75, 3.05) is 0 Å². The van der Waals surface area contributed by atoms with Gasteiger partial charge in [0.05, 0.1) is 18.0 Å². The molecule has 1 aliphatic carbocycles. The second-order valence-corrected chi connectivity index (χ2v) is 4.38. The second-order valence-electron chi connectivity index (χ2n) is 4.38. The van der Waals surface area contributed by atoms with E-state index in [4.69, 9.17) is 5.26 Å². The molecule has 1 aromatic heterocycles. The van der Waals surface area contributed by atoms with E-state index < -0.39 is 0 Å². The van der Waals surface area contributed by atoms with Gasteiger partial charge in [0.25, 0.3) is 0 Å². The fourth-order valence-electron chi connectivity index (χ4n) is 2.52. The van der Waals surface area contributed by atoms with Crippen LogP contribution < -0.4 is 0 Å². The molecule has 1 heterocycles. The van der Waals surface area contributed by atoms with Crippen LogP contribution in [0.15, 0.2) is 18.5 Å². The van der Waals surface area contributed by atoms with Crippen LogP contribution in [-0.4, -0.2) is 9.78 Å². The topological polar surface area (TPSA) is 41.6 Å². The summed E-state index contributed by atoms with van der Waals surface area (Å²) in [6, 6.07) is 4.66. The largest absolute Gasteiger partial charge is 0.268 e. The molecule has 0 aliphatic heterocycles. The zero-order valence-electron chi connectivity index (χ0n) is 9.13. The molecule has 3 nitrogen and oxygen atoms in total. The van der Waals surface area contributed by atoms with Gasteiger partial charge in [0.1, 0.15) is 0 Å². The first-order chi connectivity index (χ1) is 7.35. The molecule has 0 amide bonds. The van der Waals surface area contributed by atoms with Crippen molar-refractivity contribution in [3.05, 3.63) is 18.5 Å². The fraction of sp³-hybridized carbons (Fsp3) is 0.667. The molecular formula is C12H17N3. The molecule has 3 heteroatoms. The quantitative estimate of drug-likeness (QED) is 0.741. The number of nitrogens with zero attached hydrogens (tertiary/aromatic N) is 3. The molecule has 0 aromatic carbocycles. The van der Waals surface area contributed by atoms with E-state index in [1.54, 1.807) is 6.20 Å². The molecule has 80 valence electrons. The summed E-state index contributed by atoms with van der Waals surface area (Å²) >= 11 is 0. The molecule has 15 heavy (non-hydrogen) atoms. The van der Waals surface area contributed by atoms with Crippen molar-refractivity contribution in [3.63, 3.8) is 0 Å². The van der Waals surface area contributed by atoms with Gasteiger partial charge in [0.2, 0.25) is 0 Å². The Hall–Kier alpha value is -1.30. The monoisotopic (exact) mass is 203 g/mol. The lowest BCUT2D eigenvalue weighted by Gasteiger charge is -2.32. The van der Waals surface area contributed by atoms with E-state index in [0.29, 0.717) is 6.04 Å². The van der Waals surface area contributed by atoms with Gasteiger partial charge in [-0.1, -0.05) is 13.3 Å². The van der Waals surface area contributed by atoms with E-state index in [0.717, 1.165) is 18.8 Å². The van der Waals surface area contributed by atoms with Crippen LogP contribution in [0.1, 0.15) is 38.6 Å². The third-order valence-electron chi connectivity index (χ3n) is 3.53. The first-order valence-corrected chi connectivity index (χ1v) is 5.74. The maximum absolute atomic E-state index is 9.13. The Bertz CT molecular complexity index is 336. The lowest BCUT2D eigenvalue weighted by Crippen LogP contribution is -2.27. The van der Waals surface area contributed by atoms with Crippen molar-refractivity contribution in [2.45, 2.75) is 38.6 Å². The average molecular weight is 203 g/mol. The Kier molecular flexibility index (Phi) is 3.05. The Balaban J connectivity index is 2.15. The minimum absolute atomic E-state index is 0.146. The van der Waals surface area contributed by atoms with Gasteiger partial charge >= 0.3 is 0 Å². The molecule has 1 saturated carbocycles. The second kappa shape index (κ2) is 4.48. The third kappa shape index (κ3) is 2.04. The molecule has 1 fully saturated rings. The number of nitriles is 1.